The van der Waals surface area contributed by atoms with Crippen LogP contribution in [0.5, 0.6) is 11.5 Å². The molecular weight excluding hydrogens is 416 g/mol. The highest BCUT2D eigenvalue weighted by molar-refractivity contribution is 6.36. The molecule has 0 fully saturated rings. The van der Waals surface area contributed by atoms with E-state index >= 15 is 0 Å². The van der Waals surface area contributed by atoms with Crippen molar-refractivity contribution in [1.82, 2.24) is 4.90 Å². The summed E-state index contributed by atoms with van der Waals surface area (Å²) < 4.78 is 11.3. The molecular formula is C27H24N2O4. The molecule has 0 atom stereocenters. The highest BCUT2D eigenvalue weighted by Crippen LogP contribution is 2.35. The van der Waals surface area contributed by atoms with Gasteiger partial charge in [0.25, 0.3) is 11.8 Å². The zero-order valence-corrected chi connectivity index (χ0v) is 18.3. The third-order valence-corrected chi connectivity index (χ3v) is 5.79. The van der Waals surface area contributed by atoms with Crippen LogP contribution in [0, 0.1) is 6.92 Å². The third-order valence-electron chi connectivity index (χ3n) is 5.79. The van der Waals surface area contributed by atoms with Crippen molar-refractivity contribution in [3.63, 3.8) is 0 Å². The Morgan fingerprint density at radius 3 is 2.33 bits per heavy atom. The fourth-order valence-electron chi connectivity index (χ4n) is 4.03. The number of benzene rings is 3. The Hall–Kier alpha value is -4.06. The normalized spacial score (nSPS) is 15.2. The lowest BCUT2D eigenvalue weighted by Crippen LogP contribution is -2.34. The number of aryl methyl sites for hydroxylation is 1. The summed E-state index contributed by atoms with van der Waals surface area (Å²) in [5.41, 5.74) is 4.17. The van der Waals surface area contributed by atoms with Gasteiger partial charge in [-0.25, -0.2) is 0 Å². The van der Waals surface area contributed by atoms with E-state index in [1.165, 1.54) is 4.90 Å². The number of ether oxygens (including phenoxy) is 2. The molecule has 0 radical (unpaired) electrons. The average Bonchev–Trinajstić information content (AvgIpc) is 3.07. The molecule has 3 aromatic rings. The van der Waals surface area contributed by atoms with E-state index in [4.69, 9.17) is 9.47 Å². The van der Waals surface area contributed by atoms with Gasteiger partial charge in [0.15, 0.2) is 11.5 Å². The third kappa shape index (κ3) is 4.20. The van der Waals surface area contributed by atoms with Crippen LogP contribution in [0.25, 0.3) is 5.57 Å². The van der Waals surface area contributed by atoms with E-state index in [2.05, 4.69) is 5.32 Å². The number of nitrogens with one attached hydrogen (secondary N) is 1. The molecule has 166 valence electrons. The predicted octanol–water partition coefficient (Wildman–Crippen LogP) is 4.20. The summed E-state index contributed by atoms with van der Waals surface area (Å²) in [5, 5.41) is 3.19. The standard InChI is InChI=1S/C27H24N2O4/c1-18-7-9-20(10-8-18)24-25(28-21-11-12-22-23(17-21)33-16-15-32-22)27(31)29(26(24)30)14-13-19-5-3-2-4-6-19/h2-12,17,28H,13-16H2,1H3. The van der Waals surface area contributed by atoms with Crippen molar-refractivity contribution < 1.29 is 19.1 Å². The molecule has 0 aromatic heterocycles. The van der Waals surface area contributed by atoms with Crippen LogP contribution >= 0.6 is 0 Å². The lowest BCUT2D eigenvalue weighted by atomic mass is 10.0. The van der Waals surface area contributed by atoms with E-state index in [0.29, 0.717) is 54.5 Å². The Morgan fingerprint density at radius 1 is 0.848 bits per heavy atom. The van der Waals surface area contributed by atoms with Crippen molar-refractivity contribution in [3.05, 3.63) is 95.2 Å². The number of rotatable bonds is 6. The summed E-state index contributed by atoms with van der Waals surface area (Å²) in [5.74, 6) is 0.653. The first-order valence-corrected chi connectivity index (χ1v) is 11.0. The van der Waals surface area contributed by atoms with Crippen LogP contribution in [0.1, 0.15) is 16.7 Å². The van der Waals surface area contributed by atoms with Gasteiger partial charge < -0.3 is 14.8 Å². The number of carbonyl (C=O) groups excluding carboxylic acids is 2. The summed E-state index contributed by atoms with van der Waals surface area (Å²) in [4.78, 5) is 28.2. The van der Waals surface area contributed by atoms with Gasteiger partial charge in [-0.1, -0.05) is 60.2 Å². The van der Waals surface area contributed by atoms with Gasteiger partial charge in [-0.3, -0.25) is 14.5 Å². The van der Waals surface area contributed by atoms with Gasteiger partial charge >= 0.3 is 0 Å². The van der Waals surface area contributed by atoms with E-state index in [1.807, 2.05) is 67.6 Å². The predicted molar refractivity (Wildman–Crippen MR) is 126 cm³/mol. The van der Waals surface area contributed by atoms with Gasteiger partial charge in [0.05, 0.1) is 5.57 Å². The summed E-state index contributed by atoms with van der Waals surface area (Å²) in [6.45, 7) is 3.27. The second kappa shape index (κ2) is 8.82. The first kappa shape index (κ1) is 20.8. The highest BCUT2D eigenvalue weighted by Gasteiger charge is 2.39. The van der Waals surface area contributed by atoms with Crippen molar-refractivity contribution in [2.24, 2.45) is 0 Å². The van der Waals surface area contributed by atoms with E-state index in [-0.39, 0.29) is 17.5 Å². The molecule has 0 bridgehead atoms. The van der Waals surface area contributed by atoms with Gasteiger partial charge in [-0.15, -0.1) is 0 Å². The molecule has 6 heteroatoms. The van der Waals surface area contributed by atoms with E-state index in [1.54, 1.807) is 12.1 Å². The van der Waals surface area contributed by atoms with Gasteiger partial charge in [0.2, 0.25) is 0 Å². The van der Waals surface area contributed by atoms with Crippen LogP contribution in [-0.4, -0.2) is 36.5 Å². The van der Waals surface area contributed by atoms with Gasteiger partial charge in [0.1, 0.15) is 18.9 Å². The van der Waals surface area contributed by atoms with Crippen LogP contribution < -0.4 is 14.8 Å². The van der Waals surface area contributed by atoms with E-state index < -0.39 is 0 Å². The molecule has 2 aliphatic rings. The summed E-state index contributed by atoms with van der Waals surface area (Å²) in [6, 6.07) is 22.9. The molecule has 33 heavy (non-hydrogen) atoms. The maximum Gasteiger partial charge on any atom is 0.278 e. The fourth-order valence-corrected chi connectivity index (χ4v) is 4.03. The van der Waals surface area contributed by atoms with Crippen LogP contribution in [0.4, 0.5) is 5.69 Å². The SMILES string of the molecule is Cc1ccc(C2=C(Nc3ccc4c(c3)OCCO4)C(=O)N(CCc3ccccc3)C2=O)cc1. The Balaban J connectivity index is 1.47. The molecule has 0 spiro atoms. The van der Waals surface area contributed by atoms with Crippen molar-refractivity contribution in [1.29, 1.82) is 0 Å². The Labute approximate surface area is 192 Å². The van der Waals surface area contributed by atoms with Gasteiger partial charge in [-0.2, -0.15) is 0 Å². The minimum atomic E-state index is -0.332. The maximum absolute atomic E-state index is 13.4. The number of carbonyl (C=O) groups is 2. The average molecular weight is 440 g/mol. The molecule has 1 N–H and O–H groups in total. The summed E-state index contributed by atoms with van der Waals surface area (Å²) in [7, 11) is 0. The molecule has 2 amide bonds. The molecule has 0 unspecified atom stereocenters. The van der Waals surface area contributed by atoms with Crippen LogP contribution in [0.2, 0.25) is 0 Å². The summed E-state index contributed by atoms with van der Waals surface area (Å²) >= 11 is 0. The molecule has 2 heterocycles. The zero-order valence-electron chi connectivity index (χ0n) is 18.3. The zero-order chi connectivity index (χ0) is 22.8. The number of anilines is 1. The number of fused-ring (bicyclic) bond motifs is 1. The van der Waals surface area contributed by atoms with Crippen molar-refractivity contribution >= 4 is 23.1 Å². The minimum Gasteiger partial charge on any atom is -0.486 e. The van der Waals surface area contributed by atoms with Crippen LogP contribution in [0.15, 0.2) is 78.5 Å². The molecule has 5 rings (SSSR count). The molecule has 0 aliphatic carbocycles. The molecule has 3 aromatic carbocycles. The smallest absolute Gasteiger partial charge is 0.278 e. The van der Waals surface area contributed by atoms with Gasteiger partial charge in [-0.05, 0) is 36.6 Å². The maximum atomic E-state index is 13.4. The quantitative estimate of drug-likeness (QED) is 0.582. The molecule has 0 saturated heterocycles. The molecule has 2 aliphatic heterocycles. The van der Waals surface area contributed by atoms with E-state index in [9.17, 15) is 9.59 Å². The van der Waals surface area contributed by atoms with E-state index in [0.717, 1.165) is 11.1 Å². The van der Waals surface area contributed by atoms with Crippen molar-refractivity contribution in [2.75, 3.05) is 25.1 Å². The number of hydrogen-bond donors (Lipinski definition) is 1. The molecule has 6 nitrogen and oxygen atoms in total. The monoisotopic (exact) mass is 440 g/mol. The highest BCUT2D eigenvalue weighted by atomic mass is 16.6. The second-order valence-electron chi connectivity index (χ2n) is 8.10. The number of nitrogens with zero attached hydrogens (tertiary/aromatic N) is 1. The van der Waals surface area contributed by atoms with Crippen LogP contribution in [-0.2, 0) is 16.0 Å². The Morgan fingerprint density at radius 2 is 1.58 bits per heavy atom. The van der Waals surface area contributed by atoms with Crippen LogP contribution in [0.3, 0.4) is 0 Å². The Bertz CT molecular complexity index is 1230. The largest absolute Gasteiger partial charge is 0.486 e. The van der Waals surface area contributed by atoms with Gasteiger partial charge in [0, 0.05) is 18.3 Å². The van der Waals surface area contributed by atoms with Crippen molar-refractivity contribution in [3.8, 4) is 11.5 Å². The topological polar surface area (TPSA) is 67.9 Å². The summed E-state index contributed by atoms with van der Waals surface area (Å²) in [6.07, 6.45) is 0.594. The number of amides is 2. The fraction of sp³-hybridized carbons (Fsp3) is 0.185. The van der Waals surface area contributed by atoms with Crippen molar-refractivity contribution in [2.45, 2.75) is 13.3 Å². The second-order valence-corrected chi connectivity index (χ2v) is 8.10. The minimum absolute atomic E-state index is 0.272. The molecule has 0 saturated carbocycles. The number of imide groups is 1. The first-order valence-electron chi connectivity index (χ1n) is 11.0. The first-order chi connectivity index (χ1) is 16.1. The Kier molecular flexibility index (Phi) is 5.57. The number of hydrogen-bond acceptors (Lipinski definition) is 5. The lowest BCUT2D eigenvalue weighted by Gasteiger charge is -2.19. The lowest BCUT2D eigenvalue weighted by molar-refractivity contribution is -0.136.